The standard InChI is InChI=1S/C41H28N4/c1-26-11-12-34(19-27(26)17-18-42-2)39-43-40(35-15-13-32-20-28-7-3-5-9-30(28)22-37(32)24-35)45-41(44-39)36-16-14-33-21-29-8-4-6-10-31(29)23-38(33)25-36/h3-25H,2H2,1H3/b18-17-. The van der Waals surface area contributed by atoms with Gasteiger partial charge in [0, 0.05) is 22.9 Å². The molecule has 212 valence electrons. The molecular formula is C41H28N4. The summed E-state index contributed by atoms with van der Waals surface area (Å²) in [7, 11) is 0. The van der Waals surface area contributed by atoms with Crippen LogP contribution >= 0.6 is 0 Å². The second kappa shape index (κ2) is 10.9. The fourth-order valence-electron chi connectivity index (χ4n) is 6.01. The SMILES string of the molecule is C=N/C=C\c1cc(-c2nc(-c3ccc4cc5ccccc5cc4c3)nc(-c3ccc4cc5ccccc5cc4c3)n2)ccc1C. The molecule has 0 aliphatic heterocycles. The summed E-state index contributed by atoms with van der Waals surface area (Å²) in [4.78, 5) is 19.0. The van der Waals surface area contributed by atoms with Crippen LogP contribution in [0.2, 0.25) is 0 Å². The Morgan fingerprint density at radius 2 is 0.867 bits per heavy atom. The average molecular weight is 577 g/mol. The summed E-state index contributed by atoms with van der Waals surface area (Å²) in [5.41, 5.74) is 4.97. The van der Waals surface area contributed by atoms with Gasteiger partial charge in [0.05, 0.1) is 0 Å². The second-order valence-corrected chi connectivity index (χ2v) is 11.4. The first-order chi connectivity index (χ1) is 22.1. The summed E-state index contributed by atoms with van der Waals surface area (Å²) in [6.07, 6.45) is 3.66. The van der Waals surface area contributed by atoms with Gasteiger partial charge in [-0.1, -0.05) is 84.9 Å². The molecule has 0 fully saturated rings. The Kier molecular flexibility index (Phi) is 6.46. The van der Waals surface area contributed by atoms with Gasteiger partial charge in [-0.3, -0.25) is 4.99 Å². The molecule has 1 aromatic heterocycles. The Balaban J connectivity index is 1.32. The summed E-state index contributed by atoms with van der Waals surface area (Å²) in [6.45, 7) is 5.66. The maximum Gasteiger partial charge on any atom is 0.164 e. The lowest BCUT2D eigenvalue weighted by atomic mass is 10.0. The van der Waals surface area contributed by atoms with Crippen LogP contribution < -0.4 is 0 Å². The molecule has 0 N–H and O–H groups in total. The molecule has 8 rings (SSSR count). The van der Waals surface area contributed by atoms with Crippen molar-refractivity contribution in [2.45, 2.75) is 6.92 Å². The Hall–Kier alpha value is -6.00. The summed E-state index contributed by atoms with van der Waals surface area (Å²) in [5.74, 6) is 1.89. The molecule has 45 heavy (non-hydrogen) atoms. The monoisotopic (exact) mass is 576 g/mol. The maximum atomic E-state index is 5.07. The van der Waals surface area contributed by atoms with Gasteiger partial charge in [-0.2, -0.15) is 0 Å². The van der Waals surface area contributed by atoms with E-state index < -0.39 is 0 Å². The van der Waals surface area contributed by atoms with Gasteiger partial charge in [-0.05, 0) is 116 Å². The van der Waals surface area contributed by atoms with Crippen LogP contribution in [0, 0.1) is 6.92 Å². The molecule has 4 nitrogen and oxygen atoms in total. The summed E-state index contributed by atoms with van der Waals surface area (Å²) in [5, 5.41) is 9.51. The van der Waals surface area contributed by atoms with Crippen molar-refractivity contribution in [2.75, 3.05) is 0 Å². The van der Waals surface area contributed by atoms with Gasteiger partial charge in [0.1, 0.15) is 0 Å². The maximum absolute atomic E-state index is 5.07. The van der Waals surface area contributed by atoms with E-state index >= 15 is 0 Å². The lowest BCUT2D eigenvalue weighted by molar-refractivity contribution is 1.07. The molecule has 0 radical (unpaired) electrons. The first kappa shape index (κ1) is 26.6. The van der Waals surface area contributed by atoms with Crippen molar-refractivity contribution in [1.82, 2.24) is 15.0 Å². The van der Waals surface area contributed by atoms with Crippen molar-refractivity contribution in [3.05, 3.63) is 145 Å². The van der Waals surface area contributed by atoms with E-state index in [4.69, 9.17) is 15.0 Å². The Bertz CT molecular complexity index is 2340. The largest absolute Gasteiger partial charge is 0.272 e. The van der Waals surface area contributed by atoms with Gasteiger partial charge in [0.15, 0.2) is 17.5 Å². The number of hydrogen-bond donors (Lipinski definition) is 0. The van der Waals surface area contributed by atoms with Crippen LogP contribution in [-0.2, 0) is 0 Å². The number of hydrogen-bond acceptors (Lipinski definition) is 4. The van der Waals surface area contributed by atoms with E-state index in [9.17, 15) is 0 Å². The lowest BCUT2D eigenvalue weighted by Crippen LogP contribution is -2.00. The minimum Gasteiger partial charge on any atom is -0.272 e. The van der Waals surface area contributed by atoms with Crippen molar-refractivity contribution < 1.29 is 0 Å². The minimum absolute atomic E-state index is 0.619. The topological polar surface area (TPSA) is 51.0 Å². The second-order valence-electron chi connectivity index (χ2n) is 11.4. The lowest BCUT2D eigenvalue weighted by Gasteiger charge is -2.11. The number of fused-ring (bicyclic) bond motifs is 4. The summed E-state index contributed by atoms with van der Waals surface area (Å²) in [6, 6.07) is 44.9. The third kappa shape index (κ3) is 5.02. The zero-order chi connectivity index (χ0) is 30.3. The van der Waals surface area contributed by atoms with E-state index in [0.717, 1.165) is 38.6 Å². The molecule has 0 unspecified atom stereocenters. The highest BCUT2D eigenvalue weighted by Crippen LogP contribution is 2.32. The van der Waals surface area contributed by atoms with Gasteiger partial charge < -0.3 is 0 Å². The van der Waals surface area contributed by atoms with Crippen molar-refractivity contribution in [2.24, 2.45) is 4.99 Å². The molecular weight excluding hydrogens is 548 g/mol. The van der Waals surface area contributed by atoms with Crippen molar-refractivity contribution >= 4 is 55.9 Å². The third-order valence-corrected chi connectivity index (χ3v) is 8.46. The van der Waals surface area contributed by atoms with E-state index in [1.807, 2.05) is 6.08 Å². The highest BCUT2D eigenvalue weighted by Gasteiger charge is 2.14. The van der Waals surface area contributed by atoms with Crippen LogP contribution in [0.25, 0.3) is 83.3 Å². The van der Waals surface area contributed by atoms with Gasteiger partial charge in [-0.15, -0.1) is 0 Å². The fourth-order valence-corrected chi connectivity index (χ4v) is 6.01. The normalized spacial score (nSPS) is 11.7. The van der Waals surface area contributed by atoms with Gasteiger partial charge >= 0.3 is 0 Å². The molecule has 1 heterocycles. The Morgan fingerprint density at radius 1 is 0.467 bits per heavy atom. The quantitative estimate of drug-likeness (QED) is 0.151. The number of rotatable bonds is 5. The number of aromatic nitrogens is 3. The van der Waals surface area contributed by atoms with Crippen molar-refractivity contribution in [3.8, 4) is 34.2 Å². The third-order valence-electron chi connectivity index (χ3n) is 8.46. The molecule has 0 atom stereocenters. The smallest absolute Gasteiger partial charge is 0.164 e. The summed E-state index contributed by atoms with van der Waals surface area (Å²) >= 11 is 0. The zero-order valence-electron chi connectivity index (χ0n) is 24.8. The molecule has 7 aromatic carbocycles. The Labute approximate surface area is 261 Å². The highest BCUT2D eigenvalue weighted by atomic mass is 15.0. The van der Waals surface area contributed by atoms with E-state index in [1.165, 1.54) is 32.3 Å². The number of nitrogens with zero attached hydrogens (tertiary/aromatic N) is 4. The predicted molar refractivity (Wildman–Crippen MR) is 189 cm³/mol. The van der Waals surface area contributed by atoms with Crippen LogP contribution in [0.5, 0.6) is 0 Å². The van der Waals surface area contributed by atoms with Crippen LogP contribution in [0.1, 0.15) is 11.1 Å². The van der Waals surface area contributed by atoms with Crippen molar-refractivity contribution in [3.63, 3.8) is 0 Å². The molecule has 0 aliphatic rings. The van der Waals surface area contributed by atoms with E-state index in [2.05, 4.69) is 146 Å². The van der Waals surface area contributed by atoms with E-state index in [-0.39, 0.29) is 0 Å². The molecule has 0 aliphatic carbocycles. The molecule has 0 amide bonds. The molecule has 0 bridgehead atoms. The van der Waals surface area contributed by atoms with Crippen LogP contribution in [0.3, 0.4) is 0 Å². The highest BCUT2D eigenvalue weighted by molar-refractivity contribution is 6.00. The summed E-state index contributed by atoms with van der Waals surface area (Å²) < 4.78 is 0. The predicted octanol–water partition coefficient (Wildman–Crippen LogP) is 10.5. The Morgan fingerprint density at radius 3 is 1.33 bits per heavy atom. The van der Waals surface area contributed by atoms with Crippen LogP contribution in [-0.4, -0.2) is 21.7 Å². The first-order valence-corrected chi connectivity index (χ1v) is 15.0. The zero-order valence-corrected chi connectivity index (χ0v) is 24.8. The number of benzene rings is 7. The number of aryl methyl sites for hydroxylation is 1. The molecule has 4 heteroatoms. The van der Waals surface area contributed by atoms with Gasteiger partial charge in [0.2, 0.25) is 0 Å². The van der Waals surface area contributed by atoms with Gasteiger partial charge in [-0.25, -0.2) is 15.0 Å². The van der Waals surface area contributed by atoms with Crippen LogP contribution in [0.4, 0.5) is 0 Å². The molecule has 0 saturated heterocycles. The molecule has 0 saturated carbocycles. The first-order valence-electron chi connectivity index (χ1n) is 15.0. The fraction of sp³-hybridized carbons (Fsp3) is 0.0244. The van der Waals surface area contributed by atoms with Crippen LogP contribution in [0.15, 0.2) is 139 Å². The van der Waals surface area contributed by atoms with Crippen molar-refractivity contribution in [1.29, 1.82) is 0 Å². The molecule has 0 spiro atoms. The average Bonchev–Trinajstić information content (AvgIpc) is 3.08. The number of aliphatic imine (C=N–C) groups is 1. The van der Waals surface area contributed by atoms with Gasteiger partial charge in [0.25, 0.3) is 0 Å². The minimum atomic E-state index is 0.619. The van der Waals surface area contributed by atoms with E-state index in [1.54, 1.807) is 6.20 Å². The van der Waals surface area contributed by atoms with E-state index in [0.29, 0.717) is 17.5 Å². The molecule has 8 aromatic rings.